The highest BCUT2D eigenvalue weighted by Gasteiger charge is 2.44. The van der Waals surface area contributed by atoms with Crippen molar-refractivity contribution in [2.75, 3.05) is 4.90 Å². The molecule has 0 spiro atoms. The van der Waals surface area contributed by atoms with Crippen molar-refractivity contribution < 1.29 is 20.5 Å². The van der Waals surface area contributed by atoms with Crippen LogP contribution in [0, 0.1) is 23.6 Å². The molecule has 4 atom stereocenters. The molecule has 2 aliphatic carbocycles. The van der Waals surface area contributed by atoms with Crippen LogP contribution in [-0.2, 0) is 23.2 Å². The summed E-state index contributed by atoms with van der Waals surface area (Å²) in [7, 11) is 1.90. The third-order valence-electron chi connectivity index (χ3n) is 8.16. The molecular weight excluding hydrogens is 493 g/mol. The Bertz CT molecular complexity index is 1630. The van der Waals surface area contributed by atoms with Gasteiger partial charge in [-0.1, -0.05) is 36.8 Å². The molecule has 0 radical (unpaired) electrons. The highest BCUT2D eigenvalue weighted by molar-refractivity contribution is 5.96. The average Bonchev–Trinajstić information content (AvgIpc) is 3.68. The summed E-state index contributed by atoms with van der Waals surface area (Å²) in [5.41, 5.74) is 4.20. The van der Waals surface area contributed by atoms with E-state index in [1.807, 2.05) is 54.3 Å². The number of amides is 1. The first-order valence-electron chi connectivity index (χ1n) is 13.8. The summed E-state index contributed by atoms with van der Waals surface area (Å²) in [6, 6.07) is 17.7. The van der Waals surface area contributed by atoms with Gasteiger partial charge in [0, 0.05) is 30.1 Å². The summed E-state index contributed by atoms with van der Waals surface area (Å²) < 4.78 is 25.8. The van der Waals surface area contributed by atoms with E-state index < -0.39 is 18.3 Å². The third kappa shape index (κ3) is 5.09. The number of carboxylic acid groups (broad SMARTS) is 1. The van der Waals surface area contributed by atoms with Crippen LogP contribution in [0.3, 0.4) is 0 Å². The Hall–Kier alpha value is -4.26. The Morgan fingerprint density at radius 2 is 1.90 bits per heavy atom. The van der Waals surface area contributed by atoms with E-state index in [4.69, 9.17) is 5.11 Å². The van der Waals surface area contributed by atoms with Crippen LogP contribution in [0.5, 0.6) is 0 Å². The number of fused-ring (bicyclic) bond motifs is 3. The molecule has 1 unspecified atom stereocenters. The second kappa shape index (κ2) is 10.1. The van der Waals surface area contributed by atoms with Crippen molar-refractivity contribution in [3.8, 4) is 11.1 Å². The lowest BCUT2D eigenvalue weighted by molar-refractivity contribution is -0.131. The molecule has 1 heterocycles. The molecule has 0 aliphatic heterocycles. The smallest absolute Gasteiger partial charge is 0.328 e. The quantitative estimate of drug-likeness (QED) is 0.282. The van der Waals surface area contributed by atoms with Gasteiger partial charge in [0.25, 0.3) is 0 Å². The molecule has 1 amide bonds. The van der Waals surface area contributed by atoms with Gasteiger partial charge in [-0.2, -0.15) is 5.10 Å². The Morgan fingerprint density at radius 1 is 1.10 bits per heavy atom. The molecule has 1 N–H and O–H groups in total. The number of nitrogens with zero attached hydrogens (tertiary/aromatic N) is 3. The fraction of sp³-hybridized carbons (Fsp3) is 0.281. The predicted molar refractivity (Wildman–Crippen MR) is 149 cm³/mol. The van der Waals surface area contributed by atoms with Gasteiger partial charge in [-0.25, -0.2) is 9.18 Å². The Kier molecular flexibility index (Phi) is 6.19. The number of halogens is 1. The lowest BCUT2D eigenvalue weighted by Gasteiger charge is -2.30. The lowest BCUT2D eigenvalue weighted by atomic mass is 9.87. The number of aromatic nitrogens is 2. The van der Waals surface area contributed by atoms with Crippen molar-refractivity contribution in [2.24, 2.45) is 24.8 Å². The second-order valence-electron chi connectivity index (χ2n) is 10.7. The molecule has 1 aromatic heterocycles. The van der Waals surface area contributed by atoms with E-state index in [0.717, 1.165) is 53.8 Å². The van der Waals surface area contributed by atoms with E-state index in [9.17, 15) is 15.4 Å². The molecule has 6 rings (SSSR count). The zero-order chi connectivity index (χ0) is 28.0. The molecule has 2 aliphatic rings. The van der Waals surface area contributed by atoms with Crippen molar-refractivity contribution in [1.82, 2.24) is 9.78 Å². The van der Waals surface area contributed by atoms with Gasteiger partial charge < -0.3 is 10.0 Å². The van der Waals surface area contributed by atoms with Gasteiger partial charge in [0.1, 0.15) is 5.82 Å². The summed E-state index contributed by atoms with van der Waals surface area (Å²) in [6.07, 6.45) is 8.01. The minimum absolute atomic E-state index is 0.169. The highest BCUT2D eigenvalue weighted by Crippen LogP contribution is 2.49. The van der Waals surface area contributed by atoms with E-state index >= 15 is 0 Å². The van der Waals surface area contributed by atoms with E-state index in [-0.39, 0.29) is 23.4 Å². The minimum atomic E-state index is -1.15. The summed E-state index contributed by atoms with van der Waals surface area (Å²) in [5, 5.41) is 14.4. The summed E-state index contributed by atoms with van der Waals surface area (Å²) in [6.45, 7) is -1.10. The van der Waals surface area contributed by atoms with Crippen LogP contribution in [0.25, 0.3) is 28.1 Å². The lowest BCUT2D eigenvalue weighted by Crippen LogP contribution is -2.38. The monoisotopic (exact) mass is 524 g/mol. The molecule has 7 heteroatoms. The largest absolute Gasteiger partial charge is 0.478 e. The summed E-state index contributed by atoms with van der Waals surface area (Å²) >= 11 is 0. The normalized spacial score (nSPS) is 21.4. The average molecular weight is 525 g/mol. The first-order valence-corrected chi connectivity index (χ1v) is 13.3. The topological polar surface area (TPSA) is 75.4 Å². The number of aliphatic carboxylic acids is 1. The maximum atomic E-state index is 14.7. The standard InChI is InChI=1S/C32H30FN3O3/c1-35-30-10-9-24(16-26(30)18-34-35)23-6-2-20(3-7-23)19-36(32(39)29-15-21-4-8-25(29)12-21)28-14-22(5-11-31(37)38)13-27(33)17-28/h2-3,5-7,9-11,13-14,16-18,21,25,29H,4,8,12,15,19H2,1H3,(H,37,38)/b11-5+/t21-,25+,29-/m1/s1/i19D/t19?,21-,25+,29-. The number of carboxylic acids is 1. The van der Waals surface area contributed by atoms with E-state index in [0.29, 0.717) is 17.0 Å². The van der Waals surface area contributed by atoms with Gasteiger partial charge in [0.15, 0.2) is 0 Å². The third-order valence-corrected chi connectivity index (χ3v) is 8.16. The number of benzene rings is 3. The van der Waals surface area contributed by atoms with Crippen LogP contribution in [0.4, 0.5) is 10.1 Å². The summed E-state index contributed by atoms with van der Waals surface area (Å²) in [5.74, 6) is -1.29. The number of carbonyl (C=O) groups excluding carboxylic acids is 1. The van der Waals surface area contributed by atoms with Crippen LogP contribution in [-0.4, -0.2) is 26.8 Å². The number of hydrogen-bond donors (Lipinski definition) is 1. The Labute approximate surface area is 227 Å². The fourth-order valence-electron chi connectivity index (χ4n) is 6.24. The first-order chi connectivity index (χ1) is 19.3. The van der Waals surface area contributed by atoms with Crippen LogP contribution in [0.2, 0.25) is 0 Å². The first kappa shape index (κ1) is 23.8. The van der Waals surface area contributed by atoms with Crippen LogP contribution < -0.4 is 4.90 Å². The van der Waals surface area contributed by atoms with Crippen molar-refractivity contribution in [3.05, 3.63) is 89.9 Å². The van der Waals surface area contributed by atoms with Gasteiger partial charge in [0.05, 0.1) is 19.6 Å². The zero-order valence-corrected chi connectivity index (χ0v) is 21.6. The maximum absolute atomic E-state index is 14.7. The van der Waals surface area contributed by atoms with E-state index in [1.54, 1.807) is 6.07 Å². The molecule has 2 fully saturated rings. The molecule has 2 saturated carbocycles. The van der Waals surface area contributed by atoms with Gasteiger partial charge in [-0.15, -0.1) is 0 Å². The number of anilines is 1. The summed E-state index contributed by atoms with van der Waals surface area (Å²) in [4.78, 5) is 26.5. The predicted octanol–water partition coefficient (Wildman–Crippen LogP) is 6.45. The number of rotatable bonds is 7. The molecule has 3 aromatic carbocycles. The zero-order valence-electron chi connectivity index (χ0n) is 22.6. The van der Waals surface area contributed by atoms with Crippen molar-refractivity contribution >= 4 is 34.5 Å². The van der Waals surface area contributed by atoms with E-state index in [2.05, 4.69) is 11.2 Å². The van der Waals surface area contributed by atoms with Gasteiger partial charge in [-0.3, -0.25) is 9.48 Å². The second-order valence-corrected chi connectivity index (χ2v) is 10.7. The van der Waals surface area contributed by atoms with E-state index in [1.165, 1.54) is 23.1 Å². The van der Waals surface area contributed by atoms with Gasteiger partial charge in [-0.05, 0) is 89.8 Å². The van der Waals surface area contributed by atoms with Gasteiger partial charge >= 0.3 is 5.97 Å². The molecule has 2 bridgehead atoms. The fourth-order valence-corrected chi connectivity index (χ4v) is 6.24. The minimum Gasteiger partial charge on any atom is -0.478 e. The molecular formula is C32H30FN3O3. The number of aryl methyl sites for hydroxylation is 1. The van der Waals surface area contributed by atoms with Crippen molar-refractivity contribution in [1.29, 1.82) is 0 Å². The highest BCUT2D eigenvalue weighted by atomic mass is 19.1. The molecule has 0 saturated heterocycles. The van der Waals surface area contributed by atoms with Crippen LogP contribution in [0.1, 0.15) is 38.2 Å². The van der Waals surface area contributed by atoms with Gasteiger partial charge in [0.2, 0.25) is 5.91 Å². The van der Waals surface area contributed by atoms with Crippen LogP contribution in [0.15, 0.2) is 72.9 Å². The van der Waals surface area contributed by atoms with Crippen molar-refractivity contribution in [3.63, 3.8) is 0 Å². The molecule has 6 nitrogen and oxygen atoms in total. The van der Waals surface area contributed by atoms with Crippen molar-refractivity contribution in [2.45, 2.75) is 32.2 Å². The maximum Gasteiger partial charge on any atom is 0.328 e. The Balaban J connectivity index is 1.34. The molecule has 4 aromatic rings. The Morgan fingerprint density at radius 3 is 2.62 bits per heavy atom. The number of carbonyl (C=O) groups is 2. The SMILES string of the molecule is [2H]C(c1ccc(-c2ccc3c(cnn3C)c2)cc1)N(C(=O)[C@@H]1C[C@@H]2CC[C@H]1C2)c1cc(F)cc(/C=C/C(=O)O)c1. The molecule has 39 heavy (non-hydrogen) atoms. The number of hydrogen-bond acceptors (Lipinski definition) is 3. The molecule has 198 valence electrons. The van der Waals surface area contributed by atoms with Crippen LogP contribution >= 0.6 is 0 Å².